The van der Waals surface area contributed by atoms with Gasteiger partial charge in [-0.3, -0.25) is 4.79 Å². The molecule has 0 aliphatic carbocycles. The summed E-state index contributed by atoms with van der Waals surface area (Å²) >= 11 is 0. The van der Waals surface area contributed by atoms with Gasteiger partial charge in [-0.2, -0.15) is 0 Å². The third kappa shape index (κ3) is 2.70. The van der Waals surface area contributed by atoms with E-state index in [1.54, 1.807) is 30.3 Å². The summed E-state index contributed by atoms with van der Waals surface area (Å²) in [4.78, 5) is 12.8. The van der Waals surface area contributed by atoms with Gasteiger partial charge in [0.15, 0.2) is 11.5 Å². The molecule has 5 heteroatoms. The lowest BCUT2D eigenvalue weighted by molar-refractivity contribution is 0.103. The molecule has 0 bridgehead atoms. The number of hydrogen-bond acceptors (Lipinski definition) is 5. The van der Waals surface area contributed by atoms with Gasteiger partial charge in [0.05, 0.1) is 28.4 Å². The molecule has 22 heavy (non-hydrogen) atoms. The van der Waals surface area contributed by atoms with Crippen LogP contribution in [-0.4, -0.2) is 34.2 Å². The van der Waals surface area contributed by atoms with Gasteiger partial charge in [-0.25, -0.2) is 0 Å². The lowest BCUT2D eigenvalue weighted by Gasteiger charge is -2.18. The van der Waals surface area contributed by atoms with Crippen LogP contribution < -0.4 is 18.9 Å². The summed E-state index contributed by atoms with van der Waals surface area (Å²) in [5.41, 5.74) is 0.833. The van der Waals surface area contributed by atoms with Crippen molar-refractivity contribution in [3.05, 3.63) is 47.5 Å². The summed E-state index contributed by atoms with van der Waals surface area (Å²) < 4.78 is 21.3. The van der Waals surface area contributed by atoms with Crippen LogP contribution in [-0.2, 0) is 0 Å². The first-order valence-electron chi connectivity index (χ1n) is 6.64. The molecule has 0 fully saturated rings. The van der Waals surface area contributed by atoms with E-state index in [4.69, 9.17) is 18.9 Å². The molecule has 0 unspecified atom stereocenters. The number of benzene rings is 2. The molecule has 5 nitrogen and oxygen atoms in total. The first-order valence-corrected chi connectivity index (χ1v) is 6.64. The Bertz CT molecular complexity index is 664. The highest BCUT2D eigenvalue weighted by Gasteiger charge is 2.26. The molecule has 0 spiro atoms. The normalized spacial score (nSPS) is 10.0. The van der Waals surface area contributed by atoms with E-state index in [1.807, 2.05) is 6.07 Å². The first-order chi connectivity index (χ1) is 10.7. The Labute approximate surface area is 129 Å². The summed E-state index contributed by atoms with van der Waals surface area (Å²) in [6.07, 6.45) is 0. The smallest absolute Gasteiger partial charge is 0.204 e. The first kappa shape index (κ1) is 15.7. The van der Waals surface area contributed by atoms with E-state index in [0.29, 0.717) is 28.4 Å². The Hall–Kier alpha value is -2.69. The lowest BCUT2D eigenvalue weighted by Crippen LogP contribution is -2.08. The van der Waals surface area contributed by atoms with Gasteiger partial charge in [-0.05, 0) is 0 Å². The van der Waals surface area contributed by atoms with Crippen molar-refractivity contribution in [2.75, 3.05) is 28.4 Å². The van der Waals surface area contributed by atoms with Gasteiger partial charge in [-0.1, -0.05) is 30.3 Å². The molecule has 2 rings (SSSR count). The van der Waals surface area contributed by atoms with Crippen LogP contribution in [0, 0.1) is 0 Å². The van der Waals surface area contributed by atoms with Crippen LogP contribution >= 0.6 is 0 Å². The van der Waals surface area contributed by atoms with Crippen LogP contribution in [0.25, 0.3) is 0 Å². The average molecular weight is 302 g/mol. The number of rotatable bonds is 6. The Morgan fingerprint density at radius 1 is 0.773 bits per heavy atom. The molecule has 0 aromatic heterocycles. The van der Waals surface area contributed by atoms with Gasteiger partial charge in [0.1, 0.15) is 11.3 Å². The van der Waals surface area contributed by atoms with Crippen molar-refractivity contribution in [3.8, 4) is 23.0 Å². The topological polar surface area (TPSA) is 54.0 Å². The average Bonchev–Trinajstić information content (AvgIpc) is 2.59. The highest BCUT2D eigenvalue weighted by atomic mass is 16.5. The van der Waals surface area contributed by atoms with Crippen molar-refractivity contribution in [2.24, 2.45) is 0 Å². The molecule has 0 radical (unpaired) electrons. The molecule has 0 aliphatic heterocycles. The Morgan fingerprint density at radius 2 is 1.36 bits per heavy atom. The number of methoxy groups -OCH3 is 4. The second-order valence-electron chi connectivity index (χ2n) is 4.42. The molecule has 2 aromatic rings. The number of carbonyl (C=O) groups excluding carboxylic acids is 1. The van der Waals surface area contributed by atoms with Gasteiger partial charge >= 0.3 is 0 Å². The minimum absolute atomic E-state index is 0.213. The Kier molecular flexibility index (Phi) is 4.88. The number of carbonyl (C=O) groups is 1. The quantitative estimate of drug-likeness (QED) is 0.768. The number of ketones is 1. The van der Waals surface area contributed by atoms with Crippen LogP contribution in [0.2, 0.25) is 0 Å². The molecular weight excluding hydrogens is 284 g/mol. The second-order valence-corrected chi connectivity index (χ2v) is 4.42. The molecule has 116 valence electrons. The fourth-order valence-corrected chi connectivity index (χ4v) is 2.24. The minimum Gasteiger partial charge on any atom is -0.496 e. The third-order valence-electron chi connectivity index (χ3n) is 3.28. The summed E-state index contributed by atoms with van der Waals surface area (Å²) in [7, 11) is 5.96. The van der Waals surface area contributed by atoms with Crippen LogP contribution in [0.5, 0.6) is 23.0 Å². The molecule has 0 N–H and O–H groups in total. The number of ether oxygens (including phenoxy) is 4. The standard InChI is InChI=1S/C17H18O5/c1-19-12-10-13(20-2)16(21-3)17(22-4)14(12)15(18)11-8-6-5-7-9-11/h5-10H,1-4H3. The van der Waals surface area contributed by atoms with Crippen LogP contribution in [0.1, 0.15) is 15.9 Å². The molecule has 0 heterocycles. The van der Waals surface area contributed by atoms with Crippen molar-refractivity contribution in [1.82, 2.24) is 0 Å². The molecule has 2 aromatic carbocycles. The van der Waals surface area contributed by atoms with Crippen LogP contribution in [0.15, 0.2) is 36.4 Å². The van der Waals surface area contributed by atoms with Gasteiger partial charge < -0.3 is 18.9 Å². The van der Waals surface area contributed by atoms with Crippen molar-refractivity contribution < 1.29 is 23.7 Å². The molecule has 0 aliphatic rings. The van der Waals surface area contributed by atoms with Crippen LogP contribution in [0.3, 0.4) is 0 Å². The van der Waals surface area contributed by atoms with E-state index in [9.17, 15) is 4.79 Å². The SMILES string of the molecule is COc1cc(OC)c(C(=O)c2ccccc2)c(OC)c1OC. The summed E-state index contributed by atoms with van der Waals surface area (Å²) in [6, 6.07) is 10.5. The Balaban J connectivity index is 2.70. The molecular formula is C17H18O5. The van der Waals surface area contributed by atoms with Gasteiger partial charge in [0.2, 0.25) is 11.5 Å². The van der Waals surface area contributed by atoms with E-state index < -0.39 is 0 Å². The summed E-state index contributed by atoms with van der Waals surface area (Å²) in [6.45, 7) is 0. The van der Waals surface area contributed by atoms with Crippen molar-refractivity contribution >= 4 is 5.78 Å². The highest BCUT2D eigenvalue weighted by Crippen LogP contribution is 2.45. The maximum atomic E-state index is 12.8. The number of hydrogen-bond donors (Lipinski definition) is 0. The fourth-order valence-electron chi connectivity index (χ4n) is 2.24. The predicted molar refractivity (Wildman–Crippen MR) is 82.5 cm³/mol. The van der Waals surface area contributed by atoms with E-state index in [2.05, 4.69) is 0 Å². The highest BCUT2D eigenvalue weighted by molar-refractivity contribution is 6.13. The monoisotopic (exact) mass is 302 g/mol. The fraction of sp³-hybridized carbons (Fsp3) is 0.235. The van der Waals surface area contributed by atoms with Crippen molar-refractivity contribution in [3.63, 3.8) is 0 Å². The Morgan fingerprint density at radius 3 is 1.86 bits per heavy atom. The summed E-state index contributed by atoms with van der Waals surface area (Å²) in [5.74, 6) is 1.22. The zero-order chi connectivity index (χ0) is 16.1. The van der Waals surface area contributed by atoms with Gasteiger partial charge in [0.25, 0.3) is 0 Å². The maximum absolute atomic E-state index is 12.8. The van der Waals surface area contributed by atoms with Crippen molar-refractivity contribution in [2.45, 2.75) is 0 Å². The largest absolute Gasteiger partial charge is 0.496 e. The van der Waals surface area contributed by atoms with Crippen molar-refractivity contribution in [1.29, 1.82) is 0 Å². The maximum Gasteiger partial charge on any atom is 0.204 e. The van der Waals surface area contributed by atoms with Gasteiger partial charge in [0, 0.05) is 11.6 Å². The summed E-state index contributed by atoms with van der Waals surface area (Å²) in [5, 5.41) is 0. The molecule has 0 amide bonds. The molecule has 0 atom stereocenters. The zero-order valence-electron chi connectivity index (χ0n) is 13.0. The van der Waals surface area contributed by atoms with E-state index in [1.165, 1.54) is 28.4 Å². The molecule has 0 saturated heterocycles. The third-order valence-corrected chi connectivity index (χ3v) is 3.28. The molecule has 0 saturated carbocycles. The van der Waals surface area contributed by atoms with E-state index in [-0.39, 0.29) is 11.5 Å². The second kappa shape index (κ2) is 6.85. The lowest BCUT2D eigenvalue weighted by atomic mass is 10.0. The predicted octanol–water partition coefficient (Wildman–Crippen LogP) is 2.95. The van der Waals surface area contributed by atoms with E-state index in [0.717, 1.165) is 0 Å². The zero-order valence-corrected chi connectivity index (χ0v) is 13.0. The van der Waals surface area contributed by atoms with Crippen LogP contribution in [0.4, 0.5) is 0 Å². The minimum atomic E-state index is -0.213. The van der Waals surface area contributed by atoms with E-state index >= 15 is 0 Å². The van der Waals surface area contributed by atoms with Gasteiger partial charge in [-0.15, -0.1) is 0 Å².